The van der Waals surface area contributed by atoms with Crippen LogP contribution in [0.25, 0.3) is 0 Å². The normalized spacial score (nSPS) is 21.0. The van der Waals surface area contributed by atoms with E-state index in [0.717, 1.165) is 36.8 Å². The average Bonchev–Trinajstić information content (AvgIpc) is 2.75. The predicted octanol–water partition coefficient (Wildman–Crippen LogP) is 4.82. The van der Waals surface area contributed by atoms with E-state index in [1.807, 2.05) is 0 Å². The fourth-order valence-electron chi connectivity index (χ4n) is 4.13. The number of rotatable bonds is 8. The van der Waals surface area contributed by atoms with Crippen molar-refractivity contribution in [2.24, 2.45) is 0 Å². The van der Waals surface area contributed by atoms with Gasteiger partial charge in [-0.2, -0.15) is 0 Å². The summed E-state index contributed by atoms with van der Waals surface area (Å²) in [7, 11) is 0. The van der Waals surface area contributed by atoms with E-state index in [0.29, 0.717) is 0 Å². The van der Waals surface area contributed by atoms with E-state index < -0.39 is 0 Å². The molecule has 0 saturated heterocycles. The molecular weight excluding hydrogens is 384 g/mol. The topological polar surface area (TPSA) is 110 Å². The monoisotopic (exact) mass is 412 g/mol. The van der Waals surface area contributed by atoms with Crippen molar-refractivity contribution < 1.29 is 9.85 Å². The minimum atomic E-state index is -0.386. The van der Waals surface area contributed by atoms with E-state index in [4.69, 9.17) is 0 Å². The van der Waals surface area contributed by atoms with E-state index in [9.17, 15) is 20.2 Å². The molecule has 3 rings (SSSR count). The second-order valence-corrected chi connectivity index (χ2v) is 7.97. The lowest BCUT2D eigenvalue weighted by molar-refractivity contribution is -0.385. The lowest BCUT2D eigenvalue weighted by Crippen LogP contribution is -2.51. The zero-order valence-electron chi connectivity index (χ0n) is 17.3. The quantitative estimate of drug-likeness (QED) is 0.475. The van der Waals surface area contributed by atoms with Crippen molar-refractivity contribution in [3.05, 3.63) is 79.9 Å². The number of nitrogens with zero attached hydrogens (tertiary/aromatic N) is 2. The lowest BCUT2D eigenvalue weighted by Gasteiger charge is -2.37. The first-order valence-electron chi connectivity index (χ1n) is 10.4. The molecule has 2 aromatic rings. The Kier molecular flexibility index (Phi) is 7.12. The molecule has 8 nitrogen and oxygen atoms in total. The summed E-state index contributed by atoms with van der Waals surface area (Å²) in [5.41, 5.74) is 2.24. The summed E-state index contributed by atoms with van der Waals surface area (Å²) in [5, 5.41) is 29.1. The Balaban J connectivity index is 1.63. The molecule has 0 aliphatic heterocycles. The van der Waals surface area contributed by atoms with Crippen molar-refractivity contribution in [3.8, 4) is 0 Å². The highest BCUT2D eigenvalue weighted by Crippen LogP contribution is 2.26. The second-order valence-electron chi connectivity index (χ2n) is 7.97. The summed E-state index contributed by atoms with van der Waals surface area (Å²) in [4.78, 5) is 21.0. The third-order valence-corrected chi connectivity index (χ3v) is 5.90. The zero-order valence-corrected chi connectivity index (χ0v) is 17.3. The molecule has 0 heterocycles. The molecule has 1 saturated carbocycles. The fourth-order valence-corrected chi connectivity index (χ4v) is 4.13. The number of nitro groups is 2. The van der Waals surface area contributed by atoms with Crippen LogP contribution in [0.3, 0.4) is 0 Å². The maximum atomic E-state index is 10.9. The molecule has 0 spiro atoms. The molecule has 0 amide bonds. The molecule has 1 fully saturated rings. The maximum Gasteiger partial charge on any atom is 0.269 e. The van der Waals surface area contributed by atoms with Gasteiger partial charge in [0.2, 0.25) is 0 Å². The van der Waals surface area contributed by atoms with Crippen LogP contribution in [0.2, 0.25) is 0 Å². The highest BCUT2D eigenvalue weighted by Gasteiger charge is 2.28. The summed E-state index contributed by atoms with van der Waals surface area (Å²) >= 11 is 0. The summed E-state index contributed by atoms with van der Waals surface area (Å²) in [6.07, 6.45) is 4.44. The van der Waals surface area contributed by atoms with E-state index >= 15 is 0 Å². The fraction of sp³-hybridized carbons (Fsp3) is 0.455. The van der Waals surface area contributed by atoms with Crippen LogP contribution in [-0.2, 0) is 0 Å². The van der Waals surface area contributed by atoms with Gasteiger partial charge in [0.15, 0.2) is 0 Å². The van der Waals surface area contributed by atoms with Gasteiger partial charge in [-0.25, -0.2) is 0 Å². The van der Waals surface area contributed by atoms with Gasteiger partial charge < -0.3 is 10.6 Å². The Morgan fingerprint density at radius 3 is 1.37 bits per heavy atom. The Morgan fingerprint density at radius 1 is 0.733 bits per heavy atom. The number of hydrogen-bond donors (Lipinski definition) is 2. The summed E-state index contributed by atoms with van der Waals surface area (Å²) < 4.78 is 0. The molecule has 2 aromatic carbocycles. The van der Waals surface area contributed by atoms with Crippen LogP contribution in [-0.4, -0.2) is 21.9 Å². The van der Waals surface area contributed by atoms with Gasteiger partial charge in [0.1, 0.15) is 0 Å². The van der Waals surface area contributed by atoms with Gasteiger partial charge in [0.05, 0.1) is 9.85 Å². The molecular formula is C22H28N4O4. The van der Waals surface area contributed by atoms with Crippen LogP contribution in [0.1, 0.15) is 62.7 Å². The molecule has 0 bridgehead atoms. The van der Waals surface area contributed by atoms with Gasteiger partial charge in [-0.05, 0) is 37.8 Å². The Bertz CT molecular complexity index is 796. The number of nitro benzene ring substituents is 2. The number of benzene rings is 2. The molecule has 1 aliphatic carbocycles. The third-order valence-electron chi connectivity index (χ3n) is 5.90. The van der Waals surface area contributed by atoms with Gasteiger partial charge in [-0.3, -0.25) is 20.2 Å². The molecule has 1 aliphatic rings. The summed E-state index contributed by atoms with van der Waals surface area (Å²) in [6.45, 7) is 4.15. The van der Waals surface area contributed by atoms with Gasteiger partial charge >= 0.3 is 0 Å². The van der Waals surface area contributed by atoms with E-state index in [2.05, 4.69) is 24.5 Å². The van der Waals surface area contributed by atoms with E-state index in [1.165, 1.54) is 0 Å². The van der Waals surface area contributed by atoms with Crippen molar-refractivity contribution in [1.82, 2.24) is 10.6 Å². The molecule has 0 unspecified atom stereocenters. The smallest absolute Gasteiger partial charge is 0.269 e. The van der Waals surface area contributed by atoms with Crippen molar-refractivity contribution >= 4 is 11.4 Å². The highest BCUT2D eigenvalue weighted by molar-refractivity contribution is 5.35. The Hall–Kier alpha value is -2.84. The minimum Gasteiger partial charge on any atom is -0.306 e. The first kappa shape index (κ1) is 21.9. The molecule has 160 valence electrons. The Morgan fingerprint density at radius 2 is 1.07 bits per heavy atom. The molecule has 4 atom stereocenters. The number of hydrogen-bond acceptors (Lipinski definition) is 6. The van der Waals surface area contributed by atoms with E-state index in [-0.39, 0.29) is 45.4 Å². The van der Waals surface area contributed by atoms with Crippen LogP contribution in [0.15, 0.2) is 48.5 Å². The van der Waals surface area contributed by atoms with Crippen LogP contribution >= 0.6 is 0 Å². The average molecular weight is 412 g/mol. The van der Waals surface area contributed by atoms with Crippen LogP contribution in [0.4, 0.5) is 11.4 Å². The number of nitrogens with one attached hydrogen (secondary N) is 2. The summed E-state index contributed by atoms with van der Waals surface area (Å²) in [5.74, 6) is 0. The molecule has 0 radical (unpaired) electrons. The largest absolute Gasteiger partial charge is 0.306 e. The molecule has 2 N–H and O–H groups in total. The van der Waals surface area contributed by atoms with Gasteiger partial charge in [-0.1, -0.05) is 37.1 Å². The van der Waals surface area contributed by atoms with Crippen LogP contribution in [0, 0.1) is 20.2 Å². The zero-order chi connectivity index (χ0) is 21.7. The predicted molar refractivity (Wildman–Crippen MR) is 115 cm³/mol. The van der Waals surface area contributed by atoms with Gasteiger partial charge in [-0.15, -0.1) is 0 Å². The van der Waals surface area contributed by atoms with Crippen LogP contribution in [0.5, 0.6) is 0 Å². The first-order chi connectivity index (χ1) is 14.3. The van der Waals surface area contributed by atoms with Crippen molar-refractivity contribution in [2.45, 2.75) is 63.7 Å². The molecule has 30 heavy (non-hydrogen) atoms. The van der Waals surface area contributed by atoms with Crippen molar-refractivity contribution in [2.75, 3.05) is 0 Å². The second kappa shape index (κ2) is 9.77. The third kappa shape index (κ3) is 5.40. The lowest BCUT2D eigenvalue weighted by atomic mass is 9.88. The molecule has 8 heteroatoms. The van der Waals surface area contributed by atoms with Crippen LogP contribution < -0.4 is 10.6 Å². The minimum absolute atomic E-state index is 0.0767. The SMILES string of the molecule is C[C@@H](N[C@@H]1CCCC[C@H]1N[C@H](C)c1ccc([N+](=O)[O-])cc1)c1ccc([N+](=O)[O-])cc1. The number of non-ortho nitro benzene ring substituents is 2. The highest BCUT2D eigenvalue weighted by atomic mass is 16.6. The summed E-state index contributed by atoms with van der Waals surface area (Å²) in [6, 6.07) is 14.1. The first-order valence-corrected chi connectivity index (χ1v) is 10.4. The van der Waals surface area contributed by atoms with Crippen molar-refractivity contribution in [3.63, 3.8) is 0 Å². The Labute approximate surface area is 176 Å². The molecule has 0 aromatic heterocycles. The van der Waals surface area contributed by atoms with Gasteiger partial charge in [0.25, 0.3) is 11.4 Å². The van der Waals surface area contributed by atoms with E-state index in [1.54, 1.807) is 48.5 Å². The maximum absolute atomic E-state index is 10.9. The standard InChI is InChI=1S/C22H28N4O4/c1-15(17-7-11-19(12-8-17)25(27)28)23-21-5-3-4-6-22(21)24-16(2)18-9-13-20(14-10-18)26(29)30/h7-16,21-24H,3-6H2,1-2H3/t15-,16-,21-,22-/m1/s1. The van der Waals surface area contributed by atoms with Gasteiger partial charge in [0, 0.05) is 48.4 Å². The van der Waals surface area contributed by atoms with Crippen molar-refractivity contribution in [1.29, 1.82) is 0 Å².